The van der Waals surface area contributed by atoms with E-state index in [1.807, 2.05) is 18.2 Å². The Labute approximate surface area is 106 Å². The van der Waals surface area contributed by atoms with Crippen LogP contribution in [0.1, 0.15) is 0 Å². The lowest BCUT2D eigenvalue weighted by molar-refractivity contribution is 0.411. The largest absolute Gasteiger partial charge is 0.449 e. The van der Waals surface area contributed by atoms with Gasteiger partial charge in [-0.15, -0.1) is 0 Å². The summed E-state index contributed by atoms with van der Waals surface area (Å²) in [6.07, 6.45) is 0. The standard InChI is InChI=1S/C9H20O3Si4/c1-16(2,3)12-15(11-14-10-13)9-7-5-4-6-8-9/h4-8,15H,14H2,1-3,13H3. The molecule has 0 heterocycles. The highest BCUT2D eigenvalue weighted by molar-refractivity contribution is 6.80. The van der Waals surface area contributed by atoms with Gasteiger partial charge in [-0.3, -0.25) is 0 Å². The summed E-state index contributed by atoms with van der Waals surface area (Å²) >= 11 is 0. The van der Waals surface area contributed by atoms with Crippen LogP contribution in [0.4, 0.5) is 0 Å². The van der Waals surface area contributed by atoms with Crippen LogP contribution in [-0.2, 0) is 12.3 Å². The third-order valence-electron chi connectivity index (χ3n) is 1.87. The van der Waals surface area contributed by atoms with Crippen molar-refractivity contribution in [2.24, 2.45) is 0 Å². The molecule has 0 aliphatic carbocycles. The van der Waals surface area contributed by atoms with Gasteiger partial charge in [-0.1, -0.05) is 30.3 Å². The van der Waals surface area contributed by atoms with Gasteiger partial charge >= 0.3 is 9.28 Å². The molecular weight excluding hydrogens is 268 g/mol. The lowest BCUT2D eigenvalue weighted by Gasteiger charge is -2.25. The Morgan fingerprint density at radius 2 is 1.81 bits per heavy atom. The maximum atomic E-state index is 6.15. The maximum absolute atomic E-state index is 6.15. The van der Waals surface area contributed by atoms with Gasteiger partial charge in [-0.05, 0) is 24.8 Å². The molecule has 0 saturated heterocycles. The van der Waals surface area contributed by atoms with E-state index in [4.69, 9.17) is 12.3 Å². The van der Waals surface area contributed by atoms with Crippen LogP contribution < -0.4 is 5.19 Å². The van der Waals surface area contributed by atoms with E-state index in [-0.39, 0.29) is 0 Å². The predicted octanol–water partition coefficient (Wildman–Crippen LogP) is -0.722. The minimum absolute atomic E-state index is 0.763. The van der Waals surface area contributed by atoms with Gasteiger partial charge in [0.1, 0.15) is 10.5 Å². The van der Waals surface area contributed by atoms with Crippen molar-refractivity contribution in [3.63, 3.8) is 0 Å². The molecule has 1 aromatic rings. The van der Waals surface area contributed by atoms with Crippen LogP contribution in [-0.4, -0.2) is 38.1 Å². The molecule has 1 unspecified atom stereocenters. The third kappa shape index (κ3) is 5.34. The van der Waals surface area contributed by atoms with E-state index < -0.39 is 27.6 Å². The van der Waals surface area contributed by atoms with E-state index in [0.717, 1.165) is 10.5 Å². The number of benzene rings is 1. The Morgan fingerprint density at radius 1 is 1.19 bits per heavy atom. The van der Waals surface area contributed by atoms with Crippen LogP contribution in [0, 0.1) is 0 Å². The molecule has 3 nitrogen and oxygen atoms in total. The van der Waals surface area contributed by atoms with Gasteiger partial charge in [0, 0.05) is 0 Å². The SMILES string of the molecule is C[Si](C)(C)O[SiH](O[SiH2]O[SiH3])c1ccccc1. The average molecular weight is 289 g/mol. The molecule has 0 N–H and O–H groups in total. The lowest BCUT2D eigenvalue weighted by Crippen LogP contribution is -2.45. The quantitative estimate of drug-likeness (QED) is 0.647. The molecule has 1 rings (SSSR count). The Kier molecular flexibility index (Phi) is 5.82. The summed E-state index contributed by atoms with van der Waals surface area (Å²) in [5.41, 5.74) is 0. The van der Waals surface area contributed by atoms with Gasteiger partial charge in [0.25, 0.3) is 10.0 Å². The highest BCUT2D eigenvalue weighted by Gasteiger charge is 2.24. The molecule has 7 heteroatoms. The van der Waals surface area contributed by atoms with Gasteiger partial charge in [-0.2, -0.15) is 0 Å². The summed E-state index contributed by atoms with van der Waals surface area (Å²) in [4.78, 5) is 0. The normalized spacial score (nSPS) is 14.7. The number of hydrogen-bond donors (Lipinski definition) is 0. The molecule has 90 valence electrons. The van der Waals surface area contributed by atoms with Gasteiger partial charge in [0.15, 0.2) is 8.32 Å². The first-order valence-corrected chi connectivity index (χ1v) is 12.3. The molecule has 0 saturated carbocycles. The van der Waals surface area contributed by atoms with Gasteiger partial charge in [-0.25, -0.2) is 0 Å². The van der Waals surface area contributed by atoms with Crippen molar-refractivity contribution in [1.29, 1.82) is 0 Å². The molecule has 0 aliphatic heterocycles. The third-order valence-corrected chi connectivity index (χ3v) is 9.18. The summed E-state index contributed by atoms with van der Waals surface area (Å²) < 4.78 is 17.2. The monoisotopic (exact) mass is 288 g/mol. The predicted molar refractivity (Wildman–Crippen MR) is 78.3 cm³/mol. The van der Waals surface area contributed by atoms with Gasteiger partial charge in [0.05, 0.1) is 0 Å². The summed E-state index contributed by atoms with van der Waals surface area (Å²) in [6.45, 7) is 6.59. The fourth-order valence-electron chi connectivity index (χ4n) is 1.26. The topological polar surface area (TPSA) is 27.7 Å². The molecule has 16 heavy (non-hydrogen) atoms. The minimum atomic E-state index is -1.71. The van der Waals surface area contributed by atoms with Crippen LogP contribution in [0.5, 0.6) is 0 Å². The van der Waals surface area contributed by atoms with Crippen LogP contribution in [0.15, 0.2) is 30.3 Å². The van der Waals surface area contributed by atoms with E-state index in [2.05, 4.69) is 31.8 Å². The molecule has 0 aromatic heterocycles. The minimum Gasteiger partial charge on any atom is -0.449 e. The van der Waals surface area contributed by atoms with Crippen molar-refractivity contribution in [3.05, 3.63) is 30.3 Å². The van der Waals surface area contributed by atoms with Crippen molar-refractivity contribution in [1.82, 2.24) is 0 Å². The average Bonchev–Trinajstić information content (AvgIpc) is 2.24. The first-order chi connectivity index (χ1) is 7.53. The number of rotatable bonds is 6. The highest BCUT2D eigenvalue weighted by Crippen LogP contribution is 2.06. The maximum Gasteiger partial charge on any atom is 0.336 e. The van der Waals surface area contributed by atoms with Gasteiger partial charge in [0.2, 0.25) is 0 Å². The van der Waals surface area contributed by atoms with E-state index in [9.17, 15) is 0 Å². The van der Waals surface area contributed by atoms with E-state index in [1.165, 1.54) is 5.19 Å². The molecule has 0 bridgehead atoms. The Hall–Kier alpha value is -0.0325. The molecule has 0 spiro atoms. The van der Waals surface area contributed by atoms with Crippen LogP contribution in [0.25, 0.3) is 0 Å². The molecule has 0 radical (unpaired) electrons. The highest BCUT2D eigenvalue weighted by atomic mass is 28.4. The van der Waals surface area contributed by atoms with Crippen LogP contribution in [0.2, 0.25) is 19.6 Å². The fourth-order valence-corrected chi connectivity index (χ4v) is 8.83. The van der Waals surface area contributed by atoms with E-state index in [1.54, 1.807) is 0 Å². The molecular formula is C9H20O3Si4. The summed E-state index contributed by atoms with van der Waals surface area (Å²) in [5, 5.41) is 1.22. The van der Waals surface area contributed by atoms with Crippen molar-refractivity contribution < 1.29 is 12.3 Å². The van der Waals surface area contributed by atoms with Crippen molar-refractivity contribution in [3.8, 4) is 0 Å². The molecule has 0 aliphatic rings. The second-order valence-corrected chi connectivity index (χ2v) is 14.9. The Bertz CT molecular complexity index is 301. The summed E-state index contributed by atoms with van der Waals surface area (Å²) in [6, 6.07) is 10.3. The second-order valence-electron chi connectivity index (χ2n) is 4.55. The van der Waals surface area contributed by atoms with Crippen molar-refractivity contribution in [2.45, 2.75) is 19.6 Å². The first kappa shape index (κ1) is 14.0. The zero-order chi connectivity index (χ0) is 12.0. The summed E-state index contributed by atoms with van der Waals surface area (Å²) in [7, 11) is -3.31. The van der Waals surface area contributed by atoms with E-state index >= 15 is 0 Å². The second kappa shape index (κ2) is 6.64. The summed E-state index contributed by atoms with van der Waals surface area (Å²) in [5.74, 6) is 0. The number of hydrogen-bond acceptors (Lipinski definition) is 3. The van der Waals surface area contributed by atoms with E-state index in [0.29, 0.717) is 0 Å². The lowest BCUT2D eigenvalue weighted by atomic mass is 10.4. The Morgan fingerprint density at radius 3 is 2.31 bits per heavy atom. The zero-order valence-electron chi connectivity index (χ0n) is 10.4. The van der Waals surface area contributed by atoms with Crippen molar-refractivity contribution >= 4 is 43.3 Å². The zero-order valence-corrected chi connectivity index (χ0v) is 16.0. The Balaban J connectivity index is 2.71. The molecule has 1 aromatic carbocycles. The van der Waals surface area contributed by atoms with Crippen LogP contribution >= 0.6 is 0 Å². The molecule has 1 atom stereocenters. The van der Waals surface area contributed by atoms with Crippen molar-refractivity contribution in [2.75, 3.05) is 0 Å². The first-order valence-electron chi connectivity index (χ1n) is 5.36. The molecule has 0 amide bonds. The van der Waals surface area contributed by atoms with Gasteiger partial charge < -0.3 is 12.3 Å². The fraction of sp³-hybridized carbons (Fsp3) is 0.333. The molecule has 0 fully saturated rings. The van der Waals surface area contributed by atoms with Crippen LogP contribution in [0.3, 0.4) is 0 Å². The smallest absolute Gasteiger partial charge is 0.336 e.